The van der Waals surface area contributed by atoms with Crippen LogP contribution in [-0.2, 0) is 9.53 Å². The Labute approximate surface area is 99.2 Å². The van der Waals surface area contributed by atoms with Gasteiger partial charge in [0.05, 0.1) is 6.04 Å². The van der Waals surface area contributed by atoms with Crippen LogP contribution in [0, 0.1) is 0 Å². The molecule has 2 aliphatic rings. The van der Waals surface area contributed by atoms with Gasteiger partial charge in [-0.05, 0) is 11.6 Å². The normalized spacial score (nSPS) is 27.0. The molecule has 0 spiro atoms. The molecule has 2 aliphatic heterocycles. The molecule has 0 aromatic heterocycles. The molecule has 1 aromatic carbocycles. The van der Waals surface area contributed by atoms with Crippen LogP contribution in [0.25, 0.3) is 0 Å². The molecule has 1 amide bonds. The van der Waals surface area contributed by atoms with Gasteiger partial charge in [0.15, 0.2) is 5.78 Å². The summed E-state index contributed by atoms with van der Waals surface area (Å²) in [7, 11) is 1.53. The lowest BCUT2D eigenvalue weighted by molar-refractivity contribution is -0.136. The molecule has 0 saturated carbocycles. The Hall–Kier alpha value is -1.68. The molecule has 0 N–H and O–H groups in total. The lowest BCUT2D eigenvalue weighted by atomic mass is 9.93. The maximum Gasteiger partial charge on any atom is 0.254 e. The van der Waals surface area contributed by atoms with Gasteiger partial charge < -0.3 is 9.64 Å². The van der Waals surface area contributed by atoms with E-state index in [-0.39, 0.29) is 17.7 Å². The summed E-state index contributed by atoms with van der Waals surface area (Å²) in [6, 6.07) is 7.22. The number of piperidine rings is 1. The Bertz CT molecular complexity index is 495. The summed E-state index contributed by atoms with van der Waals surface area (Å²) in [6.07, 6.45) is -0.134. The van der Waals surface area contributed by atoms with E-state index in [1.165, 1.54) is 7.11 Å². The van der Waals surface area contributed by atoms with Crippen LogP contribution in [0.4, 0.5) is 0 Å². The molecule has 0 aliphatic carbocycles. The van der Waals surface area contributed by atoms with Gasteiger partial charge in [0.25, 0.3) is 5.91 Å². The third-order valence-electron chi connectivity index (χ3n) is 3.56. The highest BCUT2D eigenvalue weighted by atomic mass is 16.5. The molecule has 1 saturated heterocycles. The van der Waals surface area contributed by atoms with Gasteiger partial charge in [-0.15, -0.1) is 0 Å². The summed E-state index contributed by atoms with van der Waals surface area (Å²) in [5.74, 6) is 0.0957. The highest BCUT2D eigenvalue weighted by Gasteiger charge is 2.46. The van der Waals surface area contributed by atoms with Crippen LogP contribution in [0.5, 0.6) is 0 Å². The zero-order valence-corrected chi connectivity index (χ0v) is 9.55. The number of carbonyl (C=O) groups excluding carboxylic acids is 2. The van der Waals surface area contributed by atoms with Crippen LogP contribution in [0.15, 0.2) is 24.3 Å². The van der Waals surface area contributed by atoms with Crippen molar-refractivity contribution in [2.75, 3.05) is 13.7 Å². The third-order valence-corrected chi connectivity index (χ3v) is 3.56. The van der Waals surface area contributed by atoms with E-state index in [0.29, 0.717) is 18.5 Å². The molecule has 1 fully saturated rings. The van der Waals surface area contributed by atoms with Crippen LogP contribution < -0.4 is 0 Å². The maximum absolute atomic E-state index is 12.2. The van der Waals surface area contributed by atoms with Gasteiger partial charge in [-0.2, -0.15) is 0 Å². The minimum Gasteiger partial charge on any atom is -0.371 e. The smallest absolute Gasteiger partial charge is 0.254 e. The molecular formula is C13H13NO3. The first-order chi connectivity index (χ1) is 8.24. The van der Waals surface area contributed by atoms with Crippen molar-refractivity contribution < 1.29 is 14.3 Å². The minimum atomic E-state index is -0.517. The molecule has 1 aromatic rings. The van der Waals surface area contributed by atoms with E-state index in [4.69, 9.17) is 4.74 Å². The SMILES string of the molecule is COC1C(=O)CCN2C(=O)c3ccccc3C12. The topological polar surface area (TPSA) is 46.6 Å². The van der Waals surface area contributed by atoms with E-state index in [1.807, 2.05) is 24.3 Å². The van der Waals surface area contributed by atoms with Crippen LogP contribution in [0.3, 0.4) is 0 Å². The summed E-state index contributed by atoms with van der Waals surface area (Å²) in [5.41, 5.74) is 1.62. The summed E-state index contributed by atoms with van der Waals surface area (Å²) in [5, 5.41) is 0. The van der Waals surface area contributed by atoms with Crippen molar-refractivity contribution in [3.63, 3.8) is 0 Å². The highest BCUT2D eigenvalue weighted by Crippen LogP contribution is 2.39. The van der Waals surface area contributed by atoms with Gasteiger partial charge >= 0.3 is 0 Å². The predicted molar refractivity (Wildman–Crippen MR) is 60.6 cm³/mol. The lowest BCUT2D eigenvalue weighted by Crippen LogP contribution is -2.46. The molecule has 4 nitrogen and oxygen atoms in total. The van der Waals surface area contributed by atoms with Gasteiger partial charge in [0.1, 0.15) is 6.10 Å². The zero-order valence-electron chi connectivity index (χ0n) is 9.55. The van der Waals surface area contributed by atoms with Gasteiger partial charge in [0, 0.05) is 25.6 Å². The van der Waals surface area contributed by atoms with Crippen molar-refractivity contribution in [3.05, 3.63) is 35.4 Å². The molecule has 0 radical (unpaired) electrons. The van der Waals surface area contributed by atoms with Crippen LogP contribution in [0.1, 0.15) is 28.4 Å². The second-order valence-electron chi connectivity index (χ2n) is 4.40. The molecule has 17 heavy (non-hydrogen) atoms. The Kier molecular flexibility index (Phi) is 2.26. The first kappa shape index (κ1) is 10.5. The Morgan fingerprint density at radius 3 is 2.82 bits per heavy atom. The standard InChI is InChI=1S/C13H13NO3/c1-17-12-10(15)6-7-14-11(12)8-4-2-3-5-9(8)13(14)16/h2-5,11-12H,6-7H2,1H3. The fraction of sp³-hybridized carbons (Fsp3) is 0.385. The van der Waals surface area contributed by atoms with E-state index >= 15 is 0 Å². The molecule has 88 valence electrons. The summed E-state index contributed by atoms with van der Waals surface area (Å²) in [4.78, 5) is 25.7. The predicted octanol–water partition coefficient (Wildman–Crippen LogP) is 1.17. The fourth-order valence-corrected chi connectivity index (χ4v) is 2.78. The molecule has 2 unspecified atom stereocenters. The molecule has 4 heteroatoms. The number of amides is 1. The highest BCUT2D eigenvalue weighted by molar-refractivity contribution is 6.01. The number of fused-ring (bicyclic) bond motifs is 3. The van der Waals surface area contributed by atoms with Gasteiger partial charge in [-0.3, -0.25) is 9.59 Å². The van der Waals surface area contributed by atoms with Crippen LogP contribution >= 0.6 is 0 Å². The molecule has 3 rings (SSSR count). The first-order valence-electron chi connectivity index (χ1n) is 5.69. The molecular weight excluding hydrogens is 218 g/mol. The second kappa shape index (κ2) is 3.67. The minimum absolute atomic E-state index is 0.0140. The number of Topliss-reactive ketones (excluding diaryl/α,β-unsaturated/α-hetero) is 1. The monoisotopic (exact) mass is 231 g/mol. The number of hydrogen-bond donors (Lipinski definition) is 0. The van der Waals surface area contributed by atoms with E-state index in [1.54, 1.807) is 4.90 Å². The van der Waals surface area contributed by atoms with Crippen molar-refractivity contribution in [2.24, 2.45) is 0 Å². The van der Waals surface area contributed by atoms with Gasteiger partial charge in [-0.25, -0.2) is 0 Å². The summed E-state index contributed by atoms with van der Waals surface area (Å²) in [6.45, 7) is 0.497. The van der Waals surface area contributed by atoms with E-state index in [2.05, 4.69) is 0 Å². The van der Waals surface area contributed by atoms with E-state index in [0.717, 1.165) is 5.56 Å². The van der Waals surface area contributed by atoms with E-state index < -0.39 is 6.10 Å². The maximum atomic E-state index is 12.2. The average molecular weight is 231 g/mol. The second-order valence-corrected chi connectivity index (χ2v) is 4.40. The Morgan fingerprint density at radius 1 is 1.29 bits per heavy atom. The number of ether oxygens (including phenoxy) is 1. The van der Waals surface area contributed by atoms with Crippen LogP contribution in [0.2, 0.25) is 0 Å². The largest absolute Gasteiger partial charge is 0.371 e. The first-order valence-corrected chi connectivity index (χ1v) is 5.69. The van der Waals surface area contributed by atoms with Crippen molar-refractivity contribution in [3.8, 4) is 0 Å². The molecule has 2 atom stereocenters. The van der Waals surface area contributed by atoms with Crippen molar-refractivity contribution in [1.29, 1.82) is 0 Å². The van der Waals surface area contributed by atoms with Crippen LogP contribution in [-0.4, -0.2) is 36.3 Å². The number of carbonyl (C=O) groups is 2. The quantitative estimate of drug-likeness (QED) is 0.729. The summed E-state index contributed by atoms with van der Waals surface area (Å²) >= 11 is 0. The fourth-order valence-electron chi connectivity index (χ4n) is 2.78. The number of methoxy groups -OCH3 is 1. The Balaban J connectivity index is 2.11. The zero-order chi connectivity index (χ0) is 12.0. The van der Waals surface area contributed by atoms with Crippen molar-refractivity contribution >= 4 is 11.7 Å². The number of benzene rings is 1. The number of nitrogens with zero attached hydrogens (tertiary/aromatic N) is 1. The van der Waals surface area contributed by atoms with Gasteiger partial charge in [0.2, 0.25) is 0 Å². The number of hydrogen-bond acceptors (Lipinski definition) is 3. The van der Waals surface area contributed by atoms with Crippen molar-refractivity contribution in [1.82, 2.24) is 4.90 Å². The number of ketones is 1. The average Bonchev–Trinajstić information content (AvgIpc) is 2.64. The Morgan fingerprint density at radius 2 is 2.06 bits per heavy atom. The lowest BCUT2D eigenvalue weighted by Gasteiger charge is -2.35. The number of rotatable bonds is 1. The molecule has 2 heterocycles. The van der Waals surface area contributed by atoms with E-state index in [9.17, 15) is 9.59 Å². The summed E-state index contributed by atoms with van der Waals surface area (Å²) < 4.78 is 5.28. The third kappa shape index (κ3) is 1.34. The van der Waals surface area contributed by atoms with Crippen molar-refractivity contribution in [2.45, 2.75) is 18.6 Å². The molecule has 0 bridgehead atoms. The van der Waals surface area contributed by atoms with Gasteiger partial charge in [-0.1, -0.05) is 18.2 Å².